The first-order chi connectivity index (χ1) is 13.3. The first kappa shape index (κ1) is 20.1. The number of nitrogens with one attached hydrogen (secondary N) is 1. The summed E-state index contributed by atoms with van der Waals surface area (Å²) < 4.78 is 5.64. The summed E-state index contributed by atoms with van der Waals surface area (Å²) in [5.41, 5.74) is 2.79. The van der Waals surface area contributed by atoms with Crippen molar-refractivity contribution in [2.24, 2.45) is 0 Å². The Morgan fingerprint density at radius 3 is 2.61 bits per heavy atom. The van der Waals surface area contributed by atoms with Crippen LogP contribution in [0.4, 0.5) is 0 Å². The Balaban J connectivity index is 2.18. The summed E-state index contributed by atoms with van der Waals surface area (Å²) in [4.78, 5) is 29.3. The van der Waals surface area contributed by atoms with E-state index < -0.39 is 0 Å². The van der Waals surface area contributed by atoms with Crippen LogP contribution in [-0.4, -0.2) is 40.7 Å². The van der Waals surface area contributed by atoms with Gasteiger partial charge in [-0.25, -0.2) is 0 Å². The minimum atomic E-state index is -0.192. The molecule has 0 radical (unpaired) electrons. The molecule has 2 heterocycles. The van der Waals surface area contributed by atoms with Gasteiger partial charge in [-0.1, -0.05) is 20.8 Å². The van der Waals surface area contributed by atoms with Crippen molar-refractivity contribution >= 4 is 5.91 Å². The van der Waals surface area contributed by atoms with Crippen molar-refractivity contribution in [2.45, 2.75) is 51.6 Å². The number of methoxy groups -OCH3 is 1. The number of pyridine rings is 1. The molecule has 150 valence electrons. The lowest BCUT2D eigenvalue weighted by Gasteiger charge is -2.28. The molecule has 3 rings (SSSR count). The zero-order chi connectivity index (χ0) is 20.5. The number of hydrogen-bond acceptors (Lipinski definition) is 4. The molecule has 1 saturated heterocycles. The predicted octanol–water partition coefficient (Wildman–Crippen LogP) is 2.83. The second kappa shape index (κ2) is 7.80. The number of aromatic nitrogens is 1. The molecule has 1 fully saturated rings. The molecular weight excluding hydrogens is 356 g/mol. The van der Waals surface area contributed by atoms with Gasteiger partial charge in [-0.05, 0) is 47.2 Å². The second-order valence-electron chi connectivity index (χ2n) is 8.27. The van der Waals surface area contributed by atoms with E-state index in [1.54, 1.807) is 30.3 Å². The van der Waals surface area contributed by atoms with Crippen molar-refractivity contribution in [3.63, 3.8) is 0 Å². The van der Waals surface area contributed by atoms with E-state index in [0.717, 1.165) is 22.4 Å². The highest BCUT2D eigenvalue weighted by Gasteiger charge is 2.32. The van der Waals surface area contributed by atoms with Gasteiger partial charge >= 0.3 is 0 Å². The molecule has 0 spiro atoms. The summed E-state index contributed by atoms with van der Waals surface area (Å²) in [6.07, 6.45) is 2.68. The Hall–Kier alpha value is -2.60. The van der Waals surface area contributed by atoms with E-state index in [1.165, 1.54) is 0 Å². The summed E-state index contributed by atoms with van der Waals surface area (Å²) in [5, 5.41) is 9.64. The Kier molecular flexibility index (Phi) is 5.61. The maximum atomic E-state index is 12.5. The van der Waals surface area contributed by atoms with Crippen LogP contribution in [-0.2, 0) is 16.8 Å². The number of aliphatic hydroxyl groups is 1. The number of benzene rings is 1. The minimum Gasteiger partial charge on any atom is -0.496 e. The molecule has 0 unspecified atom stereocenters. The maximum Gasteiger partial charge on any atom is 0.255 e. The molecule has 1 aromatic heterocycles. The first-order valence-electron chi connectivity index (χ1n) is 9.56. The molecule has 0 aliphatic carbocycles. The highest BCUT2D eigenvalue weighted by Crippen LogP contribution is 2.38. The van der Waals surface area contributed by atoms with Crippen LogP contribution in [0.5, 0.6) is 5.75 Å². The van der Waals surface area contributed by atoms with Gasteiger partial charge in [0, 0.05) is 30.3 Å². The fourth-order valence-corrected chi connectivity index (χ4v) is 3.78. The van der Waals surface area contributed by atoms with Crippen LogP contribution in [0.2, 0.25) is 0 Å². The lowest BCUT2D eigenvalue weighted by Crippen LogP contribution is -2.35. The molecule has 6 heteroatoms. The summed E-state index contributed by atoms with van der Waals surface area (Å²) in [6.45, 7) is 6.54. The van der Waals surface area contributed by atoms with E-state index >= 15 is 0 Å². The third-order valence-corrected chi connectivity index (χ3v) is 5.35. The van der Waals surface area contributed by atoms with Gasteiger partial charge in [0.05, 0.1) is 19.8 Å². The van der Waals surface area contributed by atoms with Crippen molar-refractivity contribution in [3.05, 3.63) is 51.9 Å². The van der Waals surface area contributed by atoms with Crippen LogP contribution >= 0.6 is 0 Å². The van der Waals surface area contributed by atoms with Gasteiger partial charge in [-0.3, -0.25) is 9.59 Å². The van der Waals surface area contributed by atoms with Crippen LogP contribution < -0.4 is 10.3 Å². The molecule has 6 nitrogen and oxygen atoms in total. The number of hydrogen-bond donors (Lipinski definition) is 2. The van der Waals surface area contributed by atoms with Gasteiger partial charge in [0.1, 0.15) is 5.75 Å². The fourth-order valence-electron chi connectivity index (χ4n) is 3.78. The van der Waals surface area contributed by atoms with Gasteiger partial charge in [0.2, 0.25) is 5.91 Å². The van der Waals surface area contributed by atoms with E-state index in [4.69, 9.17) is 4.74 Å². The molecule has 2 N–H and O–H groups in total. The van der Waals surface area contributed by atoms with Crippen molar-refractivity contribution in [2.75, 3.05) is 13.7 Å². The molecule has 2 aromatic rings. The van der Waals surface area contributed by atoms with Gasteiger partial charge < -0.3 is 19.7 Å². The topological polar surface area (TPSA) is 82.6 Å². The zero-order valence-electron chi connectivity index (χ0n) is 16.9. The third kappa shape index (κ3) is 3.83. The van der Waals surface area contributed by atoms with Gasteiger partial charge in [0.15, 0.2) is 0 Å². The number of ether oxygens (including phenoxy) is 1. The number of carbonyl (C=O) groups is 1. The lowest BCUT2D eigenvalue weighted by atomic mass is 9.83. The van der Waals surface area contributed by atoms with Gasteiger partial charge in [-0.2, -0.15) is 0 Å². The van der Waals surface area contributed by atoms with Crippen LogP contribution in [0.1, 0.15) is 44.7 Å². The fraction of sp³-hybridized carbons (Fsp3) is 0.455. The largest absolute Gasteiger partial charge is 0.496 e. The summed E-state index contributed by atoms with van der Waals surface area (Å²) in [6, 6.07) is 7.29. The number of carbonyl (C=O) groups excluding carboxylic acids is 1. The summed E-state index contributed by atoms with van der Waals surface area (Å²) in [7, 11) is 1.63. The van der Waals surface area contributed by atoms with Crippen LogP contribution in [0.3, 0.4) is 0 Å². The Labute approximate surface area is 165 Å². The van der Waals surface area contributed by atoms with E-state index in [-0.39, 0.29) is 29.5 Å². The molecule has 0 bridgehead atoms. The number of aromatic amines is 1. The number of amides is 1. The third-order valence-electron chi connectivity index (χ3n) is 5.35. The molecule has 28 heavy (non-hydrogen) atoms. The van der Waals surface area contributed by atoms with Crippen molar-refractivity contribution in [1.29, 1.82) is 0 Å². The number of H-pyrrole nitrogens is 1. The van der Waals surface area contributed by atoms with Crippen molar-refractivity contribution in [1.82, 2.24) is 9.88 Å². The highest BCUT2D eigenvalue weighted by molar-refractivity contribution is 5.79. The SMILES string of the molecule is COc1cc(CN2C(=O)CC[C@H]2CO)c(-c2ccc[nH]c2=O)cc1C(C)(C)C. The standard InChI is InChI=1S/C22H28N2O4/c1-22(2,3)18-11-17(16-6-5-9-23-21(16)27)14(10-19(18)28-4)12-24-15(13-25)7-8-20(24)26/h5-6,9-11,15,25H,7-8,12-13H2,1-4H3,(H,23,27)/t15-/m0/s1. The normalized spacial score (nSPS) is 17.2. The Morgan fingerprint density at radius 2 is 2.00 bits per heavy atom. The molecular formula is C22H28N2O4. The Morgan fingerprint density at radius 1 is 1.25 bits per heavy atom. The van der Waals surface area contributed by atoms with E-state index in [9.17, 15) is 14.7 Å². The monoisotopic (exact) mass is 384 g/mol. The average molecular weight is 384 g/mol. The van der Waals surface area contributed by atoms with Gasteiger partial charge in [0.25, 0.3) is 5.56 Å². The van der Waals surface area contributed by atoms with Crippen LogP contribution in [0.25, 0.3) is 11.1 Å². The lowest BCUT2D eigenvalue weighted by molar-refractivity contribution is -0.130. The number of likely N-dealkylation sites (tertiary alicyclic amines) is 1. The molecule has 0 saturated carbocycles. The summed E-state index contributed by atoms with van der Waals surface area (Å²) >= 11 is 0. The molecule has 1 aliphatic heterocycles. The zero-order valence-corrected chi connectivity index (χ0v) is 16.9. The van der Waals surface area contributed by atoms with E-state index in [2.05, 4.69) is 25.8 Å². The van der Waals surface area contributed by atoms with Crippen molar-refractivity contribution in [3.8, 4) is 16.9 Å². The predicted molar refractivity (Wildman–Crippen MR) is 108 cm³/mol. The second-order valence-corrected chi connectivity index (χ2v) is 8.27. The maximum absolute atomic E-state index is 12.5. The quantitative estimate of drug-likeness (QED) is 0.830. The molecule has 1 aliphatic rings. The molecule has 1 amide bonds. The smallest absolute Gasteiger partial charge is 0.255 e. The van der Waals surface area contributed by atoms with Gasteiger partial charge in [-0.15, -0.1) is 0 Å². The Bertz CT molecular complexity index is 927. The van der Waals surface area contributed by atoms with Crippen LogP contribution in [0, 0.1) is 0 Å². The number of rotatable bonds is 5. The first-order valence-corrected chi connectivity index (χ1v) is 9.56. The van der Waals surface area contributed by atoms with Crippen LogP contribution in [0.15, 0.2) is 35.3 Å². The minimum absolute atomic E-state index is 0.0193. The number of nitrogens with zero attached hydrogens (tertiary/aromatic N) is 1. The average Bonchev–Trinajstić information content (AvgIpc) is 3.01. The molecule has 1 aromatic carbocycles. The van der Waals surface area contributed by atoms with E-state index in [1.807, 2.05) is 12.1 Å². The highest BCUT2D eigenvalue weighted by atomic mass is 16.5. The van der Waals surface area contributed by atoms with Crippen molar-refractivity contribution < 1.29 is 14.6 Å². The van der Waals surface area contributed by atoms with E-state index in [0.29, 0.717) is 24.9 Å². The molecule has 1 atom stereocenters. The number of aliphatic hydroxyl groups excluding tert-OH is 1. The summed E-state index contributed by atoms with van der Waals surface area (Å²) in [5.74, 6) is 0.747.